The smallest absolute Gasteiger partial charge is 0.256 e. The highest BCUT2D eigenvalue weighted by atomic mass is 17.2. The van der Waals surface area contributed by atoms with Crippen LogP contribution in [-0.2, 0) is 25.7 Å². The van der Waals surface area contributed by atoms with Crippen LogP contribution in [0, 0.1) is 12.8 Å². The number of ether oxygens (including phenoxy) is 3. The lowest BCUT2D eigenvalue weighted by Gasteiger charge is -2.39. The Hall–Kier alpha value is -2.92. The summed E-state index contributed by atoms with van der Waals surface area (Å²) < 4.78 is 19.2. The van der Waals surface area contributed by atoms with Crippen LogP contribution < -0.4 is 9.47 Å². The van der Waals surface area contributed by atoms with E-state index in [0.29, 0.717) is 6.42 Å². The largest absolute Gasteiger partial charge is 0.491 e. The molecule has 0 bridgehead atoms. The van der Waals surface area contributed by atoms with Gasteiger partial charge in [-0.3, -0.25) is 4.68 Å². The maximum absolute atomic E-state index is 11.6. The summed E-state index contributed by atoms with van der Waals surface area (Å²) in [6.07, 6.45) is -7.52. The second-order valence-electron chi connectivity index (χ2n) is 10.6. The van der Waals surface area contributed by atoms with Gasteiger partial charge < -0.3 is 34.4 Å². The molecule has 3 rings (SSSR count). The van der Waals surface area contributed by atoms with Gasteiger partial charge in [0.05, 0.1) is 12.7 Å². The number of benzene rings is 1. The van der Waals surface area contributed by atoms with E-state index in [1.807, 2.05) is 72.7 Å². The number of hydrogen-bond acceptors (Lipinski definition) is 10. The first kappa shape index (κ1) is 30.6. The van der Waals surface area contributed by atoms with E-state index in [-0.39, 0.29) is 30.6 Å². The highest BCUT2D eigenvalue weighted by molar-refractivity contribution is 5.51. The van der Waals surface area contributed by atoms with E-state index in [9.17, 15) is 20.1 Å². The molecule has 11 heteroatoms. The molecule has 0 aliphatic carbocycles. The summed E-state index contributed by atoms with van der Waals surface area (Å²) in [6, 6.07) is 7.69. The van der Waals surface area contributed by atoms with Gasteiger partial charge in [0.2, 0.25) is 12.2 Å². The molecule has 0 saturated carbocycles. The molecule has 0 spiro atoms. The first-order valence-corrected chi connectivity index (χ1v) is 13.2. The molecule has 0 radical (unpaired) electrons. The van der Waals surface area contributed by atoms with Crippen molar-refractivity contribution in [2.75, 3.05) is 6.61 Å². The molecule has 1 aliphatic rings. The van der Waals surface area contributed by atoms with Gasteiger partial charge in [-0.2, -0.15) is 4.89 Å². The van der Waals surface area contributed by atoms with E-state index in [2.05, 4.69) is 5.10 Å². The SMILES string of the molecule is Cc1c(Cc2ccc(OC(C)C)cc2)c(O[C@@H]2O[C@H](C(=C=O)OOCC(C)C)[C@@H](O)[C@H](O)[C@H]2O)nn1C(C)C. The lowest BCUT2D eigenvalue weighted by molar-refractivity contribution is -0.312. The monoisotopic (exact) mass is 548 g/mol. The highest BCUT2D eigenvalue weighted by Gasteiger charge is 2.48. The molecule has 0 unspecified atom stereocenters. The quantitative estimate of drug-likeness (QED) is 0.157. The first-order valence-electron chi connectivity index (χ1n) is 13.2. The Morgan fingerprint density at radius 1 is 1.05 bits per heavy atom. The zero-order valence-electron chi connectivity index (χ0n) is 23.5. The first-order chi connectivity index (χ1) is 18.4. The minimum atomic E-state index is -1.71. The topological polar surface area (TPSA) is 142 Å². The van der Waals surface area contributed by atoms with Gasteiger partial charge in [0.15, 0.2) is 12.0 Å². The Morgan fingerprint density at radius 2 is 1.72 bits per heavy atom. The van der Waals surface area contributed by atoms with Crippen LogP contribution in [0.3, 0.4) is 0 Å². The molecule has 5 atom stereocenters. The normalized spacial score (nSPS) is 23.3. The second-order valence-corrected chi connectivity index (χ2v) is 10.6. The number of carbonyl (C=O) groups excluding carboxylic acids is 1. The van der Waals surface area contributed by atoms with Crippen molar-refractivity contribution in [2.45, 2.75) is 97.7 Å². The summed E-state index contributed by atoms with van der Waals surface area (Å²) in [7, 11) is 0. The van der Waals surface area contributed by atoms with E-state index >= 15 is 0 Å². The van der Waals surface area contributed by atoms with Crippen molar-refractivity contribution < 1.29 is 44.1 Å². The lowest BCUT2D eigenvalue weighted by atomic mass is 9.98. The molecule has 1 saturated heterocycles. The van der Waals surface area contributed by atoms with Gasteiger partial charge in [0, 0.05) is 23.7 Å². The third kappa shape index (κ3) is 7.60. The Morgan fingerprint density at radius 3 is 2.28 bits per heavy atom. The maximum Gasteiger partial charge on any atom is 0.256 e. The van der Waals surface area contributed by atoms with Gasteiger partial charge in [-0.25, -0.2) is 4.79 Å². The van der Waals surface area contributed by atoms with Crippen molar-refractivity contribution in [3.05, 3.63) is 46.8 Å². The summed E-state index contributed by atoms with van der Waals surface area (Å²) in [5, 5.41) is 36.3. The van der Waals surface area contributed by atoms with Crippen LogP contribution in [0.1, 0.15) is 64.4 Å². The fourth-order valence-corrected chi connectivity index (χ4v) is 4.12. The summed E-state index contributed by atoms with van der Waals surface area (Å²) >= 11 is 0. The molecule has 39 heavy (non-hydrogen) atoms. The minimum absolute atomic E-state index is 0.0105. The molecular formula is C28H40N2O9. The molecular weight excluding hydrogens is 508 g/mol. The average Bonchev–Trinajstić information content (AvgIpc) is 3.18. The number of aliphatic hydroxyl groups is 3. The van der Waals surface area contributed by atoms with Crippen molar-refractivity contribution in [1.82, 2.24) is 9.78 Å². The molecule has 3 N–H and O–H groups in total. The lowest BCUT2D eigenvalue weighted by Crippen LogP contribution is -2.59. The Labute approximate surface area is 228 Å². The van der Waals surface area contributed by atoms with Gasteiger partial charge in [0.25, 0.3) is 5.76 Å². The molecule has 216 valence electrons. The van der Waals surface area contributed by atoms with Crippen LogP contribution in [0.4, 0.5) is 0 Å². The van der Waals surface area contributed by atoms with Crippen LogP contribution in [0.5, 0.6) is 11.6 Å². The third-order valence-electron chi connectivity index (χ3n) is 6.11. The molecule has 1 aromatic carbocycles. The molecule has 2 aromatic rings. The third-order valence-corrected chi connectivity index (χ3v) is 6.11. The maximum atomic E-state index is 11.6. The average molecular weight is 549 g/mol. The zero-order valence-corrected chi connectivity index (χ0v) is 23.5. The second kappa shape index (κ2) is 13.4. The van der Waals surface area contributed by atoms with E-state index in [4.69, 9.17) is 24.0 Å². The molecule has 11 nitrogen and oxygen atoms in total. The Bertz CT molecular complexity index is 1120. The Kier molecular flexibility index (Phi) is 10.5. The molecule has 1 aliphatic heterocycles. The number of nitrogens with zero attached hydrogens (tertiary/aromatic N) is 2. The van der Waals surface area contributed by atoms with E-state index in [1.165, 1.54) is 0 Å². The predicted molar refractivity (Wildman–Crippen MR) is 141 cm³/mol. The van der Waals surface area contributed by atoms with Gasteiger partial charge in [-0.1, -0.05) is 26.0 Å². The van der Waals surface area contributed by atoms with Crippen molar-refractivity contribution >= 4 is 5.94 Å². The van der Waals surface area contributed by atoms with Crippen molar-refractivity contribution in [3.63, 3.8) is 0 Å². The van der Waals surface area contributed by atoms with Gasteiger partial charge in [-0.15, -0.1) is 5.10 Å². The summed E-state index contributed by atoms with van der Waals surface area (Å²) in [5.74, 6) is 2.07. The van der Waals surface area contributed by atoms with Crippen LogP contribution in [0.15, 0.2) is 30.0 Å². The summed E-state index contributed by atoms with van der Waals surface area (Å²) in [5.41, 5.74) is 2.57. The van der Waals surface area contributed by atoms with Crippen LogP contribution in [-0.4, -0.2) is 74.5 Å². The minimum Gasteiger partial charge on any atom is -0.491 e. The highest BCUT2D eigenvalue weighted by Crippen LogP contribution is 2.32. The number of hydrogen-bond donors (Lipinski definition) is 3. The standard InChI is InChI=1S/C28H40N2O9/c1-15(2)14-35-39-22(13-31)26-24(33)23(32)25(34)28(37-26)38-27-21(18(7)30(29-27)16(3)4)12-19-8-10-20(11-9-19)36-17(5)6/h8-11,15-17,23-26,28,32-34H,12,14H2,1-7H3/t23-,24-,25+,26+,28-/m0/s1. The number of aliphatic hydroxyl groups excluding tert-OH is 3. The van der Waals surface area contributed by atoms with Crippen molar-refractivity contribution in [2.24, 2.45) is 5.92 Å². The summed E-state index contributed by atoms with van der Waals surface area (Å²) in [6.45, 7) is 13.7. The van der Waals surface area contributed by atoms with E-state index < -0.39 is 36.5 Å². The summed E-state index contributed by atoms with van der Waals surface area (Å²) in [4.78, 5) is 21.6. The van der Waals surface area contributed by atoms with Gasteiger partial charge in [0.1, 0.15) is 24.1 Å². The van der Waals surface area contributed by atoms with Crippen LogP contribution >= 0.6 is 0 Å². The fraction of sp³-hybridized carbons (Fsp3) is 0.607. The molecule has 1 aromatic heterocycles. The van der Waals surface area contributed by atoms with E-state index in [0.717, 1.165) is 22.6 Å². The molecule has 2 heterocycles. The van der Waals surface area contributed by atoms with Gasteiger partial charge >= 0.3 is 0 Å². The number of rotatable bonds is 12. The van der Waals surface area contributed by atoms with Crippen molar-refractivity contribution in [1.29, 1.82) is 0 Å². The number of aromatic nitrogens is 2. The van der Waals surface area contributed by atoms with Gasteiger partial charge in [-0.05, 0) is 58.2 Å². The van der Waals surface area contributed by atoms with Crippen LogP contribution in [0.25, 0.3) is 0 Å². The van der Waals surface area contributed by atoms with Crippen LogP contribution in [0.2, 0.25) is 0 Å². The predicted octanol–water partition coefficient (Wildman–Crippen LogP) is 2.66. The zero-order chi connectivity index (χ0) is 28.9. The Balaban J connectivity index is 1.86. The molecule has 1 fully saturated rings. The van der Waals surface area contributed by atoms with Crippen molar-refractivity contribution in [3.8, 4) is 11.6 Å². The molecule has 0 amide bonds. The fourth-order valence-electron chi connectivity index (χ4n) is 4.12. The van der Waals surface area contributed by atoms with E-state index in [1.54, 1.807) is 10.6 Å².